The van der Waals surface area contributed by atoms with Crippen molar-refractivity contribution in [2.45, 2.75) is 0 Å². The van der Waals surface area contributed by atoms with Crippen LogP contribution in [0.3, 0.4) is 0 Å². The third-order valence-corrected chi connectivity index (χ3v) is 1.95. The molecule has 0 N–H and O–H groups in total. The summed E-state index contributed by atoms with van der Waals surface area (Å²) in [5.74, 6) is 0. The van der Waals surface area contributed by atoms with Gasteiger partial charge in [0.1, 0.15) is 0 Å². The fourth-order valence-corrected chi connectivity index (χ4v) is 1.29. The molecule has 0 atom stereocenters. The maximum absolute atomic E-state index is 10.2. The molecular weight excluding hydrogens is 176 g/mol. The van der Waals surface area contributed by atoms with Gasteiger partial charge in [0.05, 0.1) is 4.92 Å². The van der Waals surface area contributed by atoms with Gasteiger partial charge in [-0.25, -0.2) is 0 Å². The molecule has 0 spiro atoms. The zero-order valence-corrected chi connectivity index (χ0v) is 6.75. The van der Waals surface area contributed by atoms with E-state index < -0.39 is 10.6 Å². The average Bonchev–Trinajstić information content (AvgIpc) is 2.51. The van der Waals surface area contributed by atoms with Gasteiger partial charge >= 0.3 is 5.70 Å². The molecule has 0 aliphatic carbocycles. The lowest BCUT2D eigenvalue weighted by atomic mass is 10.4. The standard InChI is InChI=1S/C7H4N2O2S/c8-5-6(9(10)11)4-7-2-1-3-12-7/h1-4H. The van der Waals surface area contributed by atoms with Crippen molar-refractivity contribution in [3.8, 4) is 6.07 Å². The van der Waals surface area contributed by atoms with Gasteiger partial charge < -0.3 is 0 Å². The number of hydrogen-bond donors (Lipinski definition) is 0. The summed E-state index contributed by atoms with van der Waals surface area (Å²) in [5, 5.41) is 20.3. The van der Waals surface area contributed by atoms with E-state index in [2.05, 4.69) is 0 Å². The van der Waals surface area contributed by atoms with Crippen molar-refractivity contribution in [3.05, 3.63) is 38.2 Å². The molecule has 1 aromatic heterocycles. The number of nitriles is 1. The normalized spacial score (nSPS) is 10.8. The lowest BCUT2D eigenvalue weighted by molar-refractivity contribution is -0.415. The number of allylic oxidation sites excluding steroid dienone is 1. The number of hydrogen-bond acceptors (Lipinski definition) is 4. The monoisotopic (exact) mass is 180 g/mol. The molecule has 0 aliphatic heterocycles. The highest BCUT2D eigenvalue weighted by Crippen LogP contribution is 2.12. The molecule has 0 aromatic carbocycles. The Bertz CT molecular complexity index is 348. The number of nitro groups is 1. The van der Waals surface area contributed by atoms with Crippen LogP contribution in [-0.4, -0.2) is 4.92 Å². The van der Waals surface area contributed by atoms with Crippen LogP contribution in [-0.2, 0) is 0 Å². The first-order valence-corrected chi connectivity index (χ1v) is 3.91. The third kappa shape index (κ3) is 1.90. The lowest BCUT2D eigenvalue weighted by Crippen LogP contribution is -1.94. The summed E-state index contributed by atoms with van der Waals surface area (Å²) in [7, 11) is 0. The molecule has 0 saturated carbocycles. The van der Waals surface area contributed by atoms with Crippen molar-refractivity contribution in [2.75, 3.05) is 0 Å². The largest absolute Gasteiger partial charge is 0.346 e. The first kappa shape index (κ1) is 8.43. The van der Waals surface area contributed by atoms with E-state index in [0.29, 0.717) is 4.88 Å². The Morgan fingerprint density at radius 2 is 2.58 bits per heavy atom. The van der Waals surface area contributed by atoms with Crippen LogP contribution in [0.15, 0.2) is 23.2 Å². The summed E-state index contributed by atoms with van der Waals surface area (Å²) in [6.07, 6.45) is 1.25. The highest BCUT2D eigenvalue weighted by molar-refractivity contribution is 7.10. The van der Waals surface area contributed by atoms with Gasteiger partial charge in [-0.1, -0.05) is 6.07 Å². The second-order valence-corrected chi connectivity index (χ2v) is 2.89. The first-order chi connectivity index (χ1) is 5.74. The van der Waals surface area contributed by atoms with Gasteiger partial charge in [0.15, 0.2) is 6.07 Å². The van der Waals surface area contributed by atoms with E-state index in [1.807, 2.05) is 0 Å². The summed E-state index contributed by atoms with van der Waals surface area (Å²) >= 11 is 1.35. The van der Waals surface area contributed by atoms with E-state index in [0.717, 1.165) is 0 Å². The lowest BCUT2D eigenvalue weighted by Gasteiger charge is -1.83. The smallest absolute Gasteiger partial charge is 0.258 e. The maximum Gasteiger partial charge on any atom is 0.346 e. The fraction of sp³-hybridized carbons (Fsp3) is 0. The second kappa shape index (κ2) is 3.64. The molecule has 1 rings (SSSR count). The Morgan fingerprint density at radius 3 is 3.00 bits per heavy atom. The van der Waals surface area contributed by atoms with E-state index >= 15 is 0 Å². The summed E-state index contributed by atoms with van der Waals surface area (Å²) in [5.41, 5.74) is -0.433. The minimum absolute atomic E-state index is 0.433. The Labute approximate surface area is 72.5 Å². The molecule has 1 aromatic rings. The summed E-state index contributed by atoms with van der Waals surface area (Å²) in [6, 6.07) is 4.99. The van der Waals surface area contributed by atoms with Gasteiger partial charge in [-0.05, 0) is 11.4 Å². The van der Waals surface area contributed by atoms with E-state index in [9.17, 15) is 10.1 Å². The fourth-order valence-electron chi connectivity index (χ4n) is 0.634. The van der Waals surface area contributed by atoms with Gasteiger partial charge in [-0.3, -0.25) is 10.1 Å². The molecule has 0 saturated heterocycles. The van der Waals surface area contributed by atoms with Crippen molar-refractivity contribution in [1.82, 2.24) is 0 Å². The van der Waals surface area contributed by atoms with Crippen molar-refractivity contribution in [3.63, 3.8) is 0 Å². The zero-order chi connectivity index (χ0) is 8.97. The topological polar surface area (TPSA) is 66.9 Å². The molecule has 0 fully saturated rings. The Kier molecular flexibility index (Phi) is 2.56. The quantitative estimate of drug-likeness (QED) is 0.396. The summed E-state index contributed by atoms with van der Waals surface area (Å²) in [6.45, 7) is 0. The molecule has 0 unspecified atom stereocenters. The van der Waals surface area contributed by atoms with Crippen LogP contribution in [0.4, 0.5) is 0 Å². The Morgan fingerprint density at radius 1 is 1.83 bits per heavy atom. The first-order valence-electron chi connectivity index (χ1n) is 3.03. The van der Waals surface area contributed by atoms with Gasteiger partial charge in [-0.2, -0.15) is 5.26 Å². The Hall–Kier alpha value is -1.67. The zero-order valence-electron chi connectivity index (χ0n) is 5.93. The van der Waals surface area contributed by atoms with E-state index in [4.69, 9.17) is 5.26 Å². The van der Waals surface area contributed by atoms with Crippen LogP contribution < -0.4 is 0 Å². The number of rotatable bonds is 2. The predicted octanol–water partition coefficient (Wildman–Crippen LogP) is 1.89. The molecule has 4 nitrogen and oxygen atoms in total. The van der Waals surface area contributed by atoms with Crippen LogP contribution in [0.5, 0.6) is 0 Å². The molecule has 0 radical (unpaired) electrons. The maximum atomic E-state index is 10.2. The van der Waals surface area contributed by atoms with Gasteiger partial charge in [-0.15, -0.1) is 11.3 Å². The van der Waals surface area contributed by atoms with Gasteiger partial charge in [0.2, 0.25) is 0 Å². The van der Waals surface area contributed by atoms with Crippen molar-refractivity contribution >= 4 is 17.4 Å². The van der Waals surface area contributed by atoms with Gasteiger partial charge in [0.25, 0.3) is 0 Å². The van der Waals surface area contributed by atoms with Crippen LogP contribution in [0.1, 0.15) is 4.88 Å². The molecule has 0 amide bonds. The molecule has 0 aliphatic rings. The highest BCUT2D eigenvalue weighted by Gasteiger charge is 2.08. The van der Waals surface area contributed by atoms with Crippen LogP contribution in [0.2, 0.25) is 0 Å². The molecule has 1 heterocycles. The van der Waals surface area contributed by atoms with E-state index in [1.165, 1.54) is 23.5 Å². The van der Waals surface area contributed by atoms with Gasteiger partial charge in [0, 0.05) is 11.0 Å². The second-order valence-electron chi connectivity index (χ2n) is 1.91. The van der Waals surface area contributed by atoms with Crippen LogP contribution >= 0.6 is 11.3 Å². The molecule has 5 heteroatoms. The van der Waals surface area contributed by atoms with Crippen molar-refractivity contribution < 1.29 is 4.92 Å². The number of thiophene rings is 1. The van der Waals surface area contributed by atoms with Crippen molar-refractivity contribution in [2.24, 2.45) is 0 Å². The predicted molar refractivity (Wildman–Crippen MR) is 44.9 cm³/mol. The molecule has 12 heavy (non-hydrogen) atoms. The minimum Gasteiger partial charge on any atom is -0.258 e. The van der Waals surface area contributed by atoms with E-state index in [1.54, 1.807) is 17.5 Å². The minimum atomic E-state index is -0.695. The molecular formula is C7H4N2O2S. The molecule has 60 valence electrons. The molecule has 0 bridgehead atoms. The summed E-state index contributed by atoms with van der Waals surface area (Å²) < 4.78 is 0. The Balaban J connectivity index is 2.95. The summed E-state index contributed by atoms with van der Waals surface area (Å²) in [4.78, 5) is 10.2. The third-order valence-electron chi connectivity index (χ3n) is 1.13. The SMILES string of the molecule is N#CC(=Cc1cccs1)[N+](=O)[O-]. The van der Waals surface area contributed by atoms with Crippen LogP contribution in [0.25, 0.3) is 6.08 Å². The average molecular weight is 180 g/mol. The highest BCUT2D eigenvalue weighted by atomic mass is 32.1. The van der Waals surface area contributed by atoms with Crippen LogP contribution in [0, 0.1) is 21.4 Å². The number of nitrogens with zero attached hydrogens (tertiary/aromatic N) is 2. The van der Waals surface area contributed by atoms with E-state index in [-0.39, 0.29) is 0 Å². The van der Waals surface area contributed by atoms with Crippen molar-refractivity contribution in [1.29, 1.82) is 5.26 Å².